The summed E-state index contributed by atoms with van der Waals surface area (Å²) in [5.41, 5.74) is 4.14. The van der Waals surface area contributed by atoms with E-state index >= 15 is 0 Å². The lowest BCUT2D eigenvalue weighted by atomic mass is 9.75. The van der Waals surface area contributed by atoms with E-state index in [-0.39, 0.29) is 23.8 Å². The Balaban J connectivity index is 1.72. The van der Waals surface area contributed by atoms with Crippen molar-refractivity contribution in [1.29, 1.82) is 0 Å². The zero-order valence-corrected chi connectivity index (χ0v) is 18.1. The first-order valence-electron chi connectivity index (χ1n) is 10.7. The van der Waals surface area contributed by atoms with E-state index in [4.69, 9.17) is 4.74 Å². The Hall–Kier alpha value is -2.01. The Morgan fingerprint density at radius 3 is 2.48 bits per heavy atom. The Morgan fingerprint density at radius 1 is 1.07 bits per heavy atom. The number of hydrogen-bond donors (Lipinski definition) is 1. The molecule has 0 bridgehead atoms. The molecule has 1 atom stereocenters. The summed E-state index contributed by atoms with van der Waals surface area (Å²) < 4.78 is 5.94. The highest BCUT2D eigenvalue weighted by Gasteiger charge is 2.39. The molecule has 1 aromatic rings. The van der Waals surface area contributed by atoms with Gasteiger partial charge in [-0.1, -0.05) is 18.6 Å². The van der Waals surface area contributed by atoms with E-state index in [2.05, 4.69) is 29.6 Å². The summed E-state index contributed by atoms with van der Waals surface area (Å²) in [6, 6.07) is 8.23. The summed E-state index contributed by atoms with van der Waals surface area (Å²) in [7, 11) is 0. The molecule has 1 N–H and O–H groups in total. The van der Waals surface area contributed by atoms with Crippen LogP contribution in [0.15, 0.2) is 51.7 Å². The monoisotopic (exact) mass is 411 g/mol. The molecular weight excluding hydrogens is 382 g/mol. The van der Waals surface area contributed by atoms with Crippen LogP contribution in [0.1, 0.15) is 69.8 Å². The summed E-state index contributed by atoms with van der Waals surface area (Å²) in [5, 5.41) is 3.37. The first-order chi connectivity index (χ1) is 14.1. The number of nitrogens with one attached hydrogen (secondary N) is 1. The van der Waals surface area contributed by atoms with E-state index in [9.17, 15) is 9.59 Å². The Labute approximate surface area is 177 Å². The standard InChI is InChI=1S/C24H29NO3S/c1-15-21(24(27)28-17-7-4-3-5-8-17)22(16-11-13-18(29-2)14-12-16)23-19(25-15)9-6-10-20(23)26/h11-14,17,22,25H,3-10H2,1-2H3/t22-/m0/s1. The van der Waals surface area contributed by atoms with Gasteiger partial charge in [0.2, 0.25) is 0 Å². The molecule has 1 aliphatic heterocycles. The Kier molecular flexibility index (Phi) is 6.14. The number of ether oxygens (including phenoxy) is 1. The second kappa shape index (κ2) is 8.78. The number of ketones is 1. The topological polar surface area (TPSA) is 55.4 Å². The van der Waals surface area contributed by atoms with Gasteiger partial charge in [0.05, 0.1) is 5.57 Å². The van der Waals surface area contributed by atoms with Crippen molar-refractivity contribution in [2.45, 2.75) is 75.2 Å². The number of carbonyl (C=O) groups excluding carboxylic acids is 2. The summed E-state index contributed by atoms with van der Waals surface area (Å²) in [6.07, 6.45) is 9.60. The highest BCUT2D eigenvalue weighted by atomic mass is 32.2. The number of allylic oxidation sites excluding steroid dienone is 3. The molecule has 3 aliphatic rings. The minimum absolute atomic E-state index is 0.00602. The molecular formula is C24H29NO3S. The van der Waals surface area contributed by atoms with Crippen LogP contribution in [-0.4, -0.2) is 24.1 Å². The molecule has 154 valence electrons. The molecule has 0 aromatic heterocycles. The highest BCUT2D eigenvalue weighted by molar-refractivity contribution is 7.98. The lowest BCUT2D eigenvalue weighted by Crippen LogP contribution is -2.35. The fraction of sp³-hybridized carbons (Fsp3) is 0.500. The van der Waals surface area contributed by atoms with E-state index in [1.54, 1.807) is 11.8 Å². The molecule has 5 heteroatoms. The quantitative estimate of drug-likeness (QED) is 0.541. The van der Waals surface area contributed by atoms with E-state index < -0.39 is 0 Å². The molecule has 0 saturated heterocycles. The number of hydrogen-bond acceptors (Lipinski definition) is 5. The van der Waals surface area contributed by atoms with Gasteiger partial charge in [0.1, 0.15) is 6.10 Å². The van der Waals surface area contributed by atoms with Crippen molar-refractivity contribution < 1.29 is 14.3 Å². The van der Waals surface area contributed by atoms with Gasteiger partial charge >= 0.3 is 5.97 Å². The first-order valence-corrected chi connectivity index (χ1v) is 11.9. The van der Waals surface area contributed by atoms with Crippen LogP contribution in [0.5, 0.6) is 0 Å². The third-order valence-electron chi connectivity index (χ3n) is 6.27. The van der Waals surface area contributed by atoms with Gasteiger partial charge in [0.15, 0.2) is 5.78 Å². The van der Waals surface area contributed by atoms with Crippen LogP contribution in [0.2, 0.25) is 0 Å². The maximum Gasteiger partial charge on any atom is 0.337 e. The smallest absolute Gasteiger partial charge is 0.337 e. The van der Waals surface area contributed by atoms with Gasteiger partial charge in [-0.3, -0.25) is 4.79 Å². The lowest BCUT2D eigenvalue weighted by molar-refractivity contribution is -0.146. The minimum Gasteiger partial charge on any atom is -0.459 e. The predicted octanol–water partition coefficient (Wildman–Crippen LogP) is 5.25. The minimum atomic E-state index is -0.342. The third kappa shape index (κ3) is 4.16. The van der Waals surface area contributed by atoms with Crippen molar-refractivity contribution in [3.8, 4) is 0 Å². The van der Waals surface area contributed by atoms with Gasteiger partial charge in [-0.05, 0) is 69.4 Å². The van der Waals surface area contributed by atoms with Crippen LogP contribution in [0.4, 0.5) is 0 Å². The molecule has 1 saturated carbocycles. The number of dihydropyridines is 1. The number of rotatable bonds is 4. The van der Waals surface area contributed by atoms with Crippen molar-refractivity contribution in [3.63, 3.8) is 0 Å². The van der Waals surface area contributed by atoms with Crippen molar-refractivity contribution in [2.24, 2.45) is 0 Å². The van der Waals surface area contributed by atoms with Crippen LogP contribution in [-0.2, 0) is 14.3 Å². The number of benzene rings is 1. The van der Waals surface area contributed by atoms with E-state index in [0.29, 0.717) is 12.0 Å². The van der Waals surface area contributed by atoms with Gasteiger partial charge in [-0.25, -0.2) is 4.79 Å². The Bertz CT molecular complexity index is 863. The largest absolute Gasteiger partial charge is 0.459 e. The molecule has 1 aromatic carbocycles. The van der Waals surface area contributed by atoms with Crippen molar-refractivity contribution >= 4 is 23.5 Å². The predicted molar refractivity (Wildman–Crippen MR) is 116 cm³/mol. The van der Waals surface area contributed by atoms with Crippen molar-refractivity contribution in [3.05, 3.63) is 52.4 Å². The second-order valence-electron chi connectivity index (χ2n) is 8.20. The number of carbonyl (C=O) groups is 2. The van der Waals surface area contributed by atoms with Crippen LogP contribution < -0.4 is 5.32 Å². The average molecular weight is 412 g/mol. The maximum atomic E-state index is 13.3. The SMILES string of the molecule is CSc1ccc([C@H]2C(C(=O)OC3CCCCC3)=C(C)NC3=C2C(=O)CCC3)cc1. The normalized spacial score (nSPS) is 23.0. The van der Waals surface area contributed by atoms with Gasteiger partial charge in [0.25, 0.3) is 0 Å². The molecule has 1 heterocycles. The van der Waals surface area contributed by atoms with Crippen LogP contribution in [0.3, 0.4) is 0 Å². The van der Waals surface area contributed by atoms with E-state index in [1.165, 1.54) is 11.3 Å². The van der Waals surface area contributed by atoms with E-state index in [0.717, 1.165) is 61.1 Å². The van der Waals surface area contributed by atoms with Crippen molar-refractivity contribution in [2.75, 3.05) is 6.26 Å². The van der Waals surface area contributed by atoms with Crippen molar-refractivity contribution in [1.82, 2.24) is 5.32 Å². The summed E-state index contributed by atoms with van der Waals surface area (Å²) in [5.74, 6) is -0.468. The molecule has 0 spiro atoms. The lowest BCUT2D eigenvalue weighted by Gasteiger charge is -2.35. The molecule has 4 rings (SSSR count). The summed E-state index contributed by atoms with van der Waals surface area (Å²) in [4.78, 5) is 27.4. The fourth-order valence-electron chi connectivity index (χ4n) is 4.78. The maximum absolute atomic E-state index is 13.3. The fourth-order valence-corrected chi connectivity index (χ4v) is 5.19. The molecule has 2 aliphatic carbocycles. The van der Waals surface area contributed by atoms with Gasteiger partial charge in [0, 0.05) is 34.2 Å². The van der Waals surface area contributed by atoms with Crippen LogP contribution in [0.25, 0.3) is 0 Å². The third-order valence-corrected chi connectivity index (χ3v) is 7.01. The summed E-state index contributed by atoms with van der Waals surface area (Å²) in [6.45, 7) is 1.93. The Morgan fingerprint density at radius 2 is 1.79 bits per heavy atom. The highest BCUT2D eigenvalue weighted by Crippen LogP contribution is 2.43. The average Bonchev–Trinajstić information content (AvgIpc) is 2.73. The molecule has 29 heavy (non-hydrogen) atoms. The number of esters is 1. The number of Topliss-reactive ketones (excluding diaryl/α,β-unsaturated/α-hetero) is 1. The van der Waals surface area contributed by atoms with E-state index in [1.807, 2.05) is 13.2 Å². The zero-order chi connectivity index (χ0) is 20.4. The first kappa shape index (κ1) is 20.3. The molecule has 0 unspecified atom stereocenters. The van der Waals surface area contributed by atoms with Crippen LogP contribution >= 0.6 is 11.8 Å². The molecule has 1 fully saturated rings. The number of thioether (sulfide) groups is 1. The van der Waals surface area contributed by atoms with Gasteiger partial charge in [-0.2, -0.15) is 0 Å². The second-order valence-corrected chi connectivity index (χ2v) is 9.08. The zero-order valence-electron chi connectivity index (χ0n) is 17.3. The molecule has 0 amide bonds. The van der Waals surface area contributed by atoms with Gasteiger partial charge < -0.3 is 10.1 Å². The molecule has 4 nitrogen and oxygen atoms in total. The molecule has 0 radical (unpaired) electrons. The van der Waals surface area contributed by atoms with Gasteiger partial charge in [-0.15, -0.1) is 11.8 Å². The summed E-state index contributed by atoms with van der Waals surface area (Å²) >= 11 is 1.68. The van der Waals surface area contributed by atoms with Crippen LogP contribution in [0, 0.1) is 0 Å².